The van der Waals surface area contributed by atoms with E-state index in [-0.39, 0.29) is 6.42 Å². The molecule has 0 amide bonds. The molecule has 0 saturated heterocycles. The largest absolute Gasteiger partial charge is 0.550 e. The van der Waals surface area contributed by atoms with Crippen LogP contribution in [0, 0.1) is 0 Å². The summed E-state index contributed by atoms with van der Waals surface area (Å²) in [6.45, 7) is 0. The van der Waals surface area contributed by atoms with Crippen LogP contribution in [0.15, 0.2) is 57.6 Å². The Morgan fingerprint density at radius 2 is 2.00 bits per heavy atom. The van der Waals surface area contributed by atoms with E-state index in [9.17, 15) is 9.90 Å². The van der Waals surface area contributed by atoms with E-state index < -0.39 is 5.97 Å². The fourth-order valence-corrected chi connectivity index (χ4v) is 3.16. The third kappa shape index (κ3) is 2.68. The first kappa shape index (κ1) is 14.6. The maximum absolute atomic E-state index is 11.0. The van der Waals surface area contributed by atoms with Crippen LogP contribution < -0.4 is 5.11 Å². The predicted octanol–water partition coefficient (Wildman–Crippen LogP) is 2.91. The molecule has 0 bridgehead atoms. The van der Waals surface area contributed by atoms with Gasteiger partial charge in [0.2, 0.25) is 5.89 Å². The van der Waals surface area contributed by atoms with Crippen LogP contribution >= 0.6 is 11.3 Å². The summed E-state index contributed by atoms with van der Waals surface area (Å²) >= 11 is 1.50. The Hall–Kier alpha value is -2.99. The minimum absolute atomic E-state index is 0.303. The number of aromatic nitrogens is 2. The van der Waals surface area contributed by atoms with Gasteiger partial charge in [0.1, 0.15) is 5.69 Å². The zero-order valence-corrected chi connectivity index (χ0v) is 13.2. The van der Waals surface area contributed by atoms with Gasteiger partial charge in [0.25, 0.3) is 0 Å². The molecule has 0 N–H and O–H groups in total. The van der Waals surface area contributed by atoms with Crippen LogP contribution in [0.25, 0.3) is 33.8 Å². The van der Waals surface area contributed by atoms with Crippen molar-refractivity contribution in [2.24, 2.45) is 0 Å². The van der Waals surface area contributed by atoms with Crippen LogP contribution in [0.1, 0.15) is 5.69 Å². The number of carboxylic acid groups (broad SMARTS) is 1. The van der Waals surface area contributed by atoms with Crippen molar-refractivity contribution in [2.45, 2.75) is 6.42 Å². The fourth-order valence-electron chi connectivity index (χ4n) is 2.52. The first-order chi connectivity index (χ1) is 11.7. The number of carbonyl (C=O) groups is 1. The highest BCUT2D eigenvalue weighted by Crippen LogP contribution is 2.31. The highest BCUT2D eigenvalue weighted by atomic mass is 32.1. The van der Waals surface area contributed by atoms with E-state index in [0.717, 1.165) is 16.5 Å². The van der Waals surface area contributed by atoms with Gasteiger partial charge >= 0.3 is 0 Å². The van der Waals surface area contributed by atoms with E-state index in [1.807, 2.05) is 53.2 Å². The van der Waals surface area contributed by atoms with Gasteiger partial charge in [-0.2, -0.15) is 11.3 Å². The van der Waals surface area contributed by atoms with E-state index in [1.165, 1.54) is 11.3 Å². The number of hydrogen-bond donors (Lipinski definition) is 0. The van der Waals surface area contributed by atoms with Crippen LogP contribution in [0.3, 0.4) is 0 Å². The number of oxazole rings is 1. The van der Waals surface area contributed by atoms with Gasteiger partial charge in [-0.3, -0.25) is 0 Å². The second kappa shape index (κ2) is 5.90. The highest BCUT2D eigenvalue weighted by Gasteiger charge is 2.18. The second-order valence-electron chi connectivity index (χ2n) is 5.24. The van der Waals surface area contributed by atoms with Crippen molar-refractivity contribution >= 4 is 28.2 Å². The molecule has 118 valence electrons. The molecule has 0 unspecified atom stereocenters. The van der Waals surface area contributed by atoms with Crippen LogP contribution in [-0.2, 0) is 11.2 Å². The quantitative estimate of drug-likeness (QED) is 0.573. The summed E-state index contributed by atoms with van der Waals surface area (Å²) in [5, 5.41) is 15.8. The molecule has 0 spiro atoms. The molecule has 4 aromatic rings. The summed E-state index contributed by atoms with van der Waals surface area (Å²) in [7, 11) is 0. The molecule has 0 atom stereocenters. The standard InChI is InChI=1S/C18H12N2O3S/c21-16(22)9-15-17(12-7-8-24-10-12)23-18(20-15)14-6-5-11-3-1-2-4-13(11)19-14/h1-8,10H,9H2,(H,21,22)/p-1. The Morgan fingerprint density at radius 1 is 1.12 bits per heavy atom. The van der Waals surface area contributed by atoms with Crippen molar-refractivity contribution in [3.63, 3.8) is 0 Å². The molecular formula is C18H11N2O3S-. The molecule has 0 aliphatic carbocycles. The zero-order valence-electron chi connectivity index (χ0n) is 12.4. The fraction of sp³-hybridized carbons (Fsp3) is 0.0556. The molecule has 5 nitrogen and oxygen atoms in total. The first-order valence-electron chi connectivity index (χ1n) is 7.29. The van der Waals surface area contributed by atoms with Crippen LogP contribution in [0.4, 0.5) is 0 Å². The van der Waals surface area contributed by atoms with Gasteiger partial charge in [0, 0.05) is 28.7 Å². The lowest BCUT2D eigenvalue weighted by molar-refractivity contribution is -0.304. The Balaban J connectivity index is 1.83. The lowest BCUT2D eigenvalue weighted by atomic mass is 10.2. The number of aliphatic carboxylic acids is 1. The number of thiophene rings is 1. The van der Waals surface area contributed by atoms with Crippen molar-refractivity contribution in [1.29, 1.82) is 0 Å². The van der Waals surface area contributed by atoms with Crippen LogP contribution in [0.5, 0.6) is 0 Å². The number of fused-ring (bicyclic) bond motifs is 1. The average molecular weight is 335 g/mol. The molecule has 0 aliphatic rings. The summed E-state index contributed by atoms with van der Waals surface area (Å²) < 4.78 is 5.84. The first-order valence-corrected chi connectivity index (χ1v) is 8.23. The molecule has 0 fully saturated rings. The molecule has 3 aromatic heterocycles. The normalized spacial score (nSPS) is 11.0. The summed E-state index contributed by atoms with van der Waals surface area (Å²) in [5.41, 5.74) is 2.54. The third-order valence-corrected chi connectivity index (χ3v) is 4.29. The van der Waals surface area contributed by atoms with Gasteiger partial charge in [-0.15, -0.1) is 0 Å². The topological polar surface area (TPSA) is 79.0 Å². The Labute approximate surface area is 141 Å². The maximum Gasteiger partial charge on any atom is 0.245 e. The number of nitrogens with zero attached hydrogens (tertiary/aromatic N) is 2. The highest BCUT2D eigenvalue weighted by molar-refractivity contribution is 7.08. The molecule has 24 heavy (non-hydrogen) atoms. The number of hydrogen-bond acceptors (Lipinski definition) is 6. The molecule has 3 heterocycles. The van der Waals surface area contributed by atoms with Gasteiger partial charge in [-0.25, -0.2) is 9.97 Å². The molecule has 0 radical (unpaired) electrons. The summed E-state index contributed by atoms with van der Waals surface area (Å²) in [4.78, 5) is 19.9. The number of para-hydroxylation sites is 1. The summed E-state index contributed by atoms with van der Waals surface area (Å²) in [6, 6.07) is 13.3. The van der Waals surface area contributed by atoms with Crippen molar-refractivity contribution in [1.82, 2.24) is 9.97 Å². The van der Waals surface area contributed by atoms with Crippen molar-refractivity contribution in [3.8, 4) is 22.9 Å². The Bertz CT molecular complexity index is 1020. The minimum Gasteiger partial charge on any atom is -0.550 e. The van der Waals surface area contributed by atoms with Crippen LogP contribution in [0.2, 0.25) is 0 Å². The number of carboxylic acids is 1. The monoisotopic (exact) mass is 335 g/mol. The Kier molecular flexibility index (Phi) is 3.59. The lowest BCUT2D eigenvalue weighted by Crippen LogP contribution is -2.24. The van der Waals surface area contributed by atoms with Gasteiger partial charge in [-0.1, -0.05) is 24.3 Å². The molecule has 4 rings (SSSR count). The van der Waals surface area contributed by atoms with Crippen LogP contribution in [-0.4, -0.2) is 15.9 Å². The number of carbonyl (C=O) groups excluding carboxylic acids is 1. The molecule has 6 heteroatoms. The molecular weight excluding hydrogens is 324 g/mol. The SMILES string of the molecule is O=C([O-])Cc1nc(-c2ccc3ccccc3n2)oc1-c1ccsc1. The smallest absolute Gasteiger partial charge is 0.245 e. The van der Waals surface area contributed by atoms with Gasteiger partial charge in [0.05, 0.1) is 11.2 Å². The zero-order chi connectivity index (χ0) is 16.5. The summed E-state index contributed by atoms with van der Waals surface area (Å²) in [6.07, 6.45) is -0.303. The number of benzene rings is 1. The minimum atomic E-state index is -1.20. The van der Waals surface area contributed by atoms with Gasteiger partial charge < -0.3 is 14.3 Å². The van der Waals surface area contributed by atoms with Crippen molar-refractivity contribution in [3.05, 3.63) is 58.9 Å². The van der Waals surface area contributed by atoms with Crippen molar-refractivity contribution < 1.29 is 14.3 Å². The Morgan fingerprint density at radius 3 is 2.79 bits per heavy atom. The van der Waals surface area contributed by atoms with E-state index >= 15 is 0 Å². The lowest BCUT2D eigenvalue weighted by Gasteiger charge is -1.99. The van der Waals surface area contributed by atoms with E-state index in [2.05, 4.69) is 9.97 Å². The molecule has 0 aliphatic heterocycles. The average Bonchev–Trinajstić information content (AvgIpc) is 3.23. The number of rotatable bonds is 4. The predicted molar refractivity (Wildman–Crippen MR) is 89.3 cm³/mol. The second-order valence-corrected chi connectivity index (χ2v) is 6.02. The molecule has 0 saturated carbocycles. The number of pyridine rings is 1. The van der Waals surface area contributed by atoms with E-state index in [0.29, 0.717) is 23.0 Å². The third-order valence-electron chi connectivity index (χ3n) is 3.61. The summed E-state index contributed by atoms with van der Waals surface area (Å²) in [5.74, 6) is -0.443. The van der Waals surface area contributed by atoms with Gasteiger partial charge in [-0.05, 0) is 23.6 Å². The molecule has 1 aromatic carbocycles. The van der Waals surface area contributed by atoms with Crippen molar-refractivity contribution in [2.75, 3.05) is 0 Å². The van der Waals surface area contributed by atoms with Gasteiger partial charge in [0.15, 0.2) is 5.76 Å². The van der Waals surface area contributed by atoms with E-state index in [4.69, 9.17) is 4.42 Å². The van der Waals surface area contributed by atoms with E-state index in [1.54, 1.807) is 0 Å². The maximum atomic E-state index is 11.0.